The van der Waals surface area contributed by atoms with Gasteiger partial charge in [0.2, 0.25) is 0 Å². The Labute approximate surface area is 130 Å². The van der Waals surface area contributed by atoms with Gasteiger partial charge in [0.15, 0.2) is 0 Å². The molecule has 0 radical (unpaired) electrons. The highest BCUT2D eigenvalue weighted by molar-refractivity contribution is 7.92. The fourth-order valence-corrected chi connectivity index (χ4v) is 2.88. The van der Waals surface area contributed by atoms with Gasteiger partial charge in [0.25, 0.3) is 10.0 Å². The summed E-state index contributed by atoms with van der Waals surface area (Å²) >= 11 is 0. The van der Waals surface area contributed by atoms with Gasteiger partial charge in [-0.1, -0.05) is 18.2 Å². The number of hydrogen-bond donors (Lipinski definition) is 2. The van der Waals surface area contributed by atoms with Crippen molar-refractivity contribution in [1.29, 1.82) is 0 Å². The van der Waals surface area contributed by atoms with Crippen molar-refractivity contribution in [1.82, 2.24) is 0 Å². The summed E-state index contributed by atoms with van der Waals surface area (Å²) in [6.07, 6.45) is -4.93. The molecule has 0 bridgehead atoms. The number of sulfonamides is 1. The van der Waals surface area contributed by atoms with E-state index in [1.54, 1.807) is 13.0 Å². The molecule has 0 heterocycles. The van der Waals surface area contributed by atoms with E-state index in [0.717, 1.165) is 24.3 Å². The molecule has 0 saturated heterocycles. The second-order valence-corrected chi connectivity index (χ2v) is 6.28. The van der Waals surface area contributed by atoms with E-state index < -0.39 is 27.0 Å². The van der Waals surface area contributed by atoms with Crippen LogP contribution in [-0.4, -0.2) is 19.9 Å². The topological polar surface area (TPSA) is 75.6 Å². The van der Waals surface area contributed by atoms with Gasteiger partial charge in [0, 0.05) is 6.07 Å². The number of nitrogens with one attached hydrogen (secondary N) is 1. The van der Waals surface area contributed by atoms with E-state index in [2.05, 4.69) is 9.46 Å². The SMILES string of the molecule is Cc1cccc(NS(=O)(=O)c2cccc(OC(F)(F)F)c2)c1O. The van der Waals surface area contributed by atoms with Crippen LogP contribution in [0.1, 0.15) is 5.56 Å². The van der Waals surface area contributed by atoms with Crippen LogP contribution in [0.25, 0.3) is 0 Å². The summed E-state index contributed by atoms with van der Waals surface area (Å²) < 4.78 is 66.8. The lowest BCUT2D eigenvalue weighted by Crippen LogP contribution is -2.18. The first-order chi connectivity index (χ1) is 10.6. The van der Waals surface area contributed by atoms with E-state index in [-0.39, 0.29) is 11.4 Å². The van der Waals surface area contributed by atoms with Gasteiger partial charge in [-0.2, -0.15) is 0 Å². The molecule has 0 aliphatic heterocycles. The average molecular weight is 347 g/mol. The Kier molecular flexibility index (Phi) is 4.42. The molecule has 124 valence electrons. The van der Waals surface area contributed by atoms with Crippen molar-refractivity contribution in [2.24, 2.45) is 0 Å². The molecule has 0 saturated carbocycles. The Hall–Kier alpha value is -2.42. The number of alkyl halides is 3. The first kappa shape index (κ1) is 16.9. The van der Waals surface area contributed by atoms with E-state index in [4.69, 9.17) is 0 Å². The van der Waals surface area contributed by atoms with Crippen LogP contribution in [0, 0.1) is 6.92 Å². The van der Waals surface area contributed by atoms with Crippen molar-refractivity contribution >= 4 is 15.7 Å². The fourth-order valence-electron chi connectivity index (χ4n) is 1.78. The Morgan fingerprint density at radius 2 is 1.78 bits per heavy atom. The van der Waals surface area contributed by atoms with Crippen LogP contribution >= 0.6 is 0 Å². The maximum atomic E-state index is 12.2. The first-order valence-corrected chi connectivity index (χ1v) is 7.74. The maximum absolute atomic E-state index is 12.2. The summed E-state index contributed by atoms with van der Waals surface area (Å²) in [6, 6.07) is 8.38. The molecule has 0 amide bonds. The van der Waals surface area contributed by atoms with Crippen LogP contribution in [0.15, 0.2) is 47.4 Å². The molecule has 0 aromatic heterocycles. The third-order valence-corrected chi connectivity index (χ3v) is 4.19. The van der Waals surface area contributed by atoms with E-state index in [1.165, 1.54) is 12.1 Å². The molecule has 5 nitrogen and oxygen atoms in total. The summed E-state index contributed by atoms with van der Waals surface area (Å²) in [5.74, 6) is -0.924. The minimum Gasteiger partial charge on any atom is -0.505 e. The Morgan fingerprint density at radius 3 is 2.43 bits per heavy atom. The summed E-state index contributed by atoms with van der Waals surface area (Å²) in [7, 11) is -4.19. The Morgan fingerprint density at radius 1 is 1.13 bits per heavy atom. The van der Waals surface area contributed by atoms with Crippen molar-refractivity contribution in [2.75, 3.05) is 4.72 Å². The Balaban J connectivity index is 2.33. The standard InChI is InChI=1S/C14H12F3NO4S/c1-9-4-2-7-12(13(9)19)18-23(20,21)11-6-3-5-10(8-11)22-14(15,16)17/h2-8,18-19H,1H3. The zero-order valence-electron chi connectivity index (χ0n) is 11.8. The van der Waals surface area contributed by atoms with Crippen molar-refractivity contribution < 1.29 is 31.4 Å². The minimum atomic E-state index is -4.93. The van der Waals surface area contributed by atoms with E-state index in [9.17, 15) is 26.7 Å². The lowest BCUT2D eigenvalue weighted by Gasteiger charge is -2.13. The molecular formula is C14H12F3NO4S. The number of para-hydroxylation sites is 1. The zero-order chi connectivity index (χ0) is 17.3. The van der Waals surface area contributed by atoms with Gasteiger partial charge in [0.05, 0.1) is 10.6 Å². The first-order valence-electron chi connectivity index (χ1n) is 6.26. The van der Waals surface area contributed by atoms with Gasteiger partial charge >= 0.3 is 6.36 Å². The van der Waals surface area contributed by atoms with Gasteiger partial charge < -0.3 is 9.84 Å². The van der Waals surface area contributed by atoms with Crippen LogP contribution in [0.4, 0.5) is 18.9 Å². The lowest BCUT2D eigenvalue weighted by atomic mass is 10.2. The van der Waals surface area contributed by atoms with Crippen LogP contribution in [0.3, 0.4) is 0 Å². The molecule has 0 fully saturated rings. The monoisotopic (exact) mass is 347 g/mol. The normalized spacial score (nSPS) is 12.0. The molecule has 0 atom stereocenters. The predicted molar refractivity (Wildman–Crippen MR) is 76.8 cm³/mol. The number of halogens is 3. The van der Waals surface area contributed by atoms with E-state index in [0.29, 0.717) is 5.56 Å². The number of ether oxygens (including phenoxy) is 1. The number of phenolic OH excluding ortho intramolecular Hbond substituents is 1. The number of aromatic hydroxyl groups is 1. The lowest BCUT2D eigenvalue weighted by molar-refractivity contribution is -0.274. The average Bonchev–Trinajstić information content (AvgIpc) is 2.42. The maximum Gasteiger partial charge on any atom is 0.573 e. The van der Waals surface area contributed by atoms with Crippen LogP contribution < -0.4 is 9.46 Å². The third-order valence-electron chi connectivity index (χ3n) is 2.83. The smallest absolute Gasteiger partial charge is 0.505 e. The highest BCUT2D eigenvalue weighted by atomic mass is 32.2. The van der Waals surface area contributed by atoms with Gasteiger partial charge in [-0.3, -0.25) is 4.72 Å². The third kappa shape index (κ3) is 4.28. The summed E-state index contributed by atoms with van der Waals surface area (Å²) in [4.78, 5) is -0.430. The number of rotatable bonds is 4. The molecule has 0 spiro atoms. The van der Waals surface area contributed by atoms with Gasteiger partial charge in [-0.15, -0.1) is 13.2 Å². The van der Waals surface area contributed by atoms with Crippen LogP contribution in [0.5, 0.6) is 11.5 Å². The summed E-state index contributed by atoms with van der Waals surface area (Å²) in [5.41, 5.74) is 0.367. The molecule has 2 aromatic carbocycles. The number of hydrogen-bond acceptors (Lipinski definition) is 4. The quantitative estimate of drug-likeness (QED) is 0.831. The molecule has 2 N–H and O–H groups in total. The van der Waals surface area contributed by atoms with Crippen LogP contribution in [0.2, 0.25) is 0 Å². The largest absolute Gasteiger partial charge is 0.573 e. The molecule has 2 aromatic rings. The predicted octanol–water partition coefficient (Wildman–Crippen LogP) is 3.40. The Bertz CT molecular complexity index is 819. The van der Waals surface area contributed by atoms with Gasteiger partial charge in [-0.05, 0) is 30.7 Å². The summed E-state index contributed by atoms with van der Waals surface area (Å²) in [6.45, 7) is 1.57. The number of phenols is 1. The number of benzene rings is 2. The summed E-state index contributed by atoms with van der Waals surface area (Å²) in [5, 5.41) is 9.81. The van der Waals surface area contributed by atoms with Crippen LogP contribution in [-0.2, 0) is 10.0 Å². The zero-order valence-corrected chi connectivity index (χ0v) is 12.6. The highest BCUT2D eigenvalue weighted by Crippen LogP contribution is 2.30. The second-order valence-electron chi connectivity index (χ2n) is 4.60. The van der Waals surface area contributed by atoms with Crippen molar-refractivity contribution in [3.05, 3.63) is 48.0 Å². The molecule has 2 rings (SSSR count). The van der Waals surface area contributed by atoms with Gasteiger partial charge in [-0.25, -0.2) is 8.42 Å². The fraction of sp³-hybridized carbons (Fsp3) is 0.143. The molecular weight excluding hydrogens is 335 g/mol. The van der Waals surface area contributed by atoms with E-state index in [1.807, 2.05) is 0 Å². The van der Waals surface area contributed by atoms with Gasteiger partial charge in [0.1, 0.15) is 11.5 Å². The van der Waals surface area contributed by atoms with Crippen molar-refractivity contribution in [3.63, 3.8) is 0 Å². The molecule has 0 aliphatic rings. The molecule has 0 aliphatic carbocycles. The van der Waals surface area contributed by atoms with Crippen molar-refractivity contribution in [2.45, 2.75) is 18.2 Å². The molecule has 9 heteroatoms. The highest BCUT2D eigenvalue weighted by Gasteiger charge is 2.31. The molecule has 0 unspecified atom stereocenters. The van der Waals surface area contributed by atoms with E-state index >= 15 is 0 Å². The number of aryl methyl sites for hydroxylation is 1. The second kappa shape index (κ2) is 5.99. The minimum absolute atomic E-state index is 0.0767. The number of anilines is 1. The van der Waals surface area contributed by atoms with Crippen molar-refractivity contribution in [3.8, 4) is 11.5 Å². The molecule has 23 heavy (non-hydrogen) atoms.